The molecule has 0 unspecified atom stereocenters. The molecule has 0 aliphatic carbocycles. The van der Waals surface area contributed by atoms with Crippen molar-refractivity contribution in [3.05, 3.63) is 52.5 Å². The minimum atomic E-state index is -0.513. The van der Waals surface area contributed by atoms with Gasteiger partial charge < -0.3 is 5.32 Å². The Labute approximate surface area is 159 Å². The van der Waals surface area contributed by atoms with E-state index in [9.17, 15) is 14.0 Å². The number of aliphatic imine (C=N–C) groups is 1. The van der Waals surface area contributed by atoms with Crippen LogP contribution in [0.1, 0.15) is 18.2 Å². The summed E-state index contributed by atoms with van der Waals surface area (Å²) >= 11 is 2.82. The Morgan fingerprint density at radius 1 is 1.35 bits per heavy atom. The number of carbonyl (C=O) groups excluding carboxylic acids is 2. The number of carbonyl (C=O) groups is 2. The number of amides is 2. The zero-order valence-electron chi connectivity index (χ0n) is 14.1. The highest BCUT2D eigenvalue weighted by Crippen LogP contribution is 2.30. The minimum absolute atomic E-state index is 0.129. The second-order valence-corrected chi connectivity index (χ2v) is 7.84. The van der Waals surface area contributed by atoms with Crippen LogP contribution in [0.5, 0.6) is 0 Å². The van der Waals surface area contributed by atoms with E-state index in [0.717, 1.165) is 4.88 Å². The minimum Gasteiger partial charge on any atom is -0.355 e. The number of nitrogens with one attached hydrogen (secondary N) is 1. The molecule has 1 aliphatic heterocycles. The van der Waals surface area contributed by atoms with Gasteiger partial charge in [-0.15, -0.1) is 11.3 Å². The largest absolute Gasteiger partial charge is 0.355 e. The van der Waals surface area contributed by atoms with E-state index in [4.69, 9.17) is 0 Å². The Morgan fingerprint density at radius 2 is 2.12 bits per heavy atom. The summed E-state index contributed by atoms with van der Waals surface area (Å²) in [5.74, 6) is -0.667. The standard InChI is InChI=1S/C18H18FN3O2S2/c1-2-20-17(24)15-10-16(23)22(11-14-4-3-9-25-14)18(26-15)21-13-7-5-12(19)6-8-13/h3-9,15H,2,10-11H2,1H3,(H,20,24)/t15-/m1/s1. The summed E-state index contributed by atoms with van der Waals surface area (Å²) in [6.45, 7) is 2.75. The fourth-order valence-electron chi connectivity index (χ4n) is 2.47. The van der Waals surface area contributed by atoms with Crippen LogP contribution in [0.4, 0.5) is 10.1 Å². The second-order valence-electron chi connectivity index (χ2n) is 5.64. The van der Waals surface area contributed by atoms with E-state index in [1.807, 2.05) is 24.4 Å². The van der Waals surface area contributed by atoms with Gasteiger partial charge in [-0.2, -0.15) is 0 Å². The molecule has 0 saturated carbocycles. The quantitative estimate of drug-likeness (QED) is 0.848. The normalized spacial score (nSPS) is 19.0. The van der Waals surface area contributed by atoms with Gasteiger partial charge in [-0.05, 0) is 42.6 Å². The van der Waals surface area contributed by atoms with Crippen LogP contribution >= 0.6 is 23.1 Å². The Balaban J connectivity index is 1.89. The van der Waals surface area contributed by atoms with Crippen molar-refractivity contribution in [1.29, 1.82) is 0 Å². The number of halogens is 1. The van der Waals surface area contributed by atoms with Gasteiger partial charge in [0.1, 0.15) is 5.82 Å². The second kappa shape index (κ2) is 8.46. The van der Waals surface area contributed by atoms with E-state index in [-0.39, 0.29) is 24.1 Å². The SMILES string of the molecule is CCNC(=O)[C@H]1CC(=O)N(Cc2cccs2)C(=Nc2ccc(F)cc2)S1. The number of nitrogens with zero attached hydrogens (tertiary/aromatic N) is 2. The predicted octanol–water partition coefficient (Wildman–Crippen LogP) is 3.55. The van der Waals surface area contributed by atoms with Crippen molar-refractivity contribution < 1.29 is 14.0 Å². The van der Waals surface area contributed by atoms with Crippen LogP contribution in [0.2, 0.25) is 0 Å². The van der Waals surface area contributed by atoms with Gasteiger partial charge in [0, 0.05) is 17.8 Å². The Hall–Kier alpha value is -2.19. The van der Waals surface area contributed by atoms with Gasteiger partial charge >= 0.3 is 0 Å². The Kier molecular flexibility index (Phi) is 6.05. The summed E-state index contributed by atoms with van der Waals surface area (Å²) in [5, 5.41) is 4.65. The van der Waals surface area contributed by atoms with Crippen molar-refractivity contribution in [2.45, 2.75) is 25.1 Å². The molecule has 0 bridgehead atoms. The van der Waals surface area contributed by atoms with Crippen molar-refractivity contribution in [2.75, 3.05) is 6.54 Å². The molecule has 3 rings (SSSR count). The van der Waals surface area contributed by atoms with Crippen LogP contribution in [0.15, 0.2) is 46.8 Å². The zero-order valence-corrected chi connectivity index (χ0v) is 15.8. The maximum atomic E-state index is 13.1. The molecule has 0 radical (unpaired) electrons. The molecule has 2 amide bonds. The van der Waals surface area contributed by atoms with E-state index in [2.05, 4.69) is 10.3 Å². The first-order valence-electron chi connectivity index (χ1n) is 8.18. The lowest BCUT2D eigenvalue weighted by atomic mass is 10.2. The van der Waals surface area contributed by atoms with Gasteiger partial charge in [-0.1, -0.05) is 17.8 Å². The molecule has 1 N–H and O–H groups in total. The van der Waals surface area contributed by atoms with Crippen molar-refractivity contribution in [3.63, 3.8) is 0 Å². The third kappa shape index (κ3) is 4.50. The van der Waals surface area contributed by atoms with Crippen LogP contribution < -0.4 is 5.32 Å². The van der Waals surface area contributed by atoms with Crippen molar-refractivity contribution in [3.8, 4) is 0 Å². The molecular formula is C18H18FN3O2S2. The summed E-state index contributed by atoms with van der Waals surface area (Å²) in [6.07, 6.45) is 0.129. The van der Waals surface area contributed by atoms with E-state index in [0.29, 0.717) is 23.9 Å². The molecule has 1 saturated heterocycles. The van der Waals surface area contributed by atoms with Gasteiger partial charge in [0.2, 0.25) is 11.8 Å². The third-order valence-corrected chi connectivity index (χ3v) is 5.78. The molecule has 136 valence electrons. The van der Waals surface area contributed by atoms with Gasteiger partial charge in [0.25, 0.3) is 0 Å². The maximum absolute atomic E-state index is 13.1. The van der Waals surface area contributed by atoms with Crippen molar-refractivity contribution >= 4 is 45.8 Å². The molecule has 2 heterocycles. The summed E-state index contributed by atoms with van der Waals surface area (Å²) in [5.41, 5.74) is 0.537. The average Bonchev–Trinajstić information content (AvgIpc) is 3.13. The first-order chi connectivity index (χ1) is 12.6. The molecule has 1 atom stereocenters. The van der Waals surface area contributed by atoms with E-state index >= 15 is 0 Å². The molecule has 5 nitrogen and oxygen atoms in total. The van der Waals surface area contributed by atoms with E-state index in [1.165, 1.54) is 23.9 Å². The first-order valence-corrected chi connectivity index (χ1v) is 9.94. The number of thioether (sulfide) groups is 1. The third-order valence-electron chi connectivity index (χ3n) is 3.73. The van der Waals surface area contributed by atoms with Crippen molar-refractivity contribution in [2.24, 2.45) is 4.99 Å². The van der Waals surface area contributed by atoms with Crippen LogP contribution in [0.3, 0.4) is 0 Å². The molecule has 1 aromatic heterocycles. The topological polar surface area (TPSA) is 61.8 Å². The number of thiophene rings is 1. The number of hydrogen-bond donors (Lipinski definition) is 1. The molecular weight excluding hydrogens is 373 g/mol. The lowest BCUT2D eigenvalue weighted by Crippen LogP contribution is -2.46. The van der Waals surface area contributed by atoms with Crippen LogP contribution in [-0.2, 0) is 16.1 Å². The van der Waals surface area contributed by atoms with Gasteiger partial charge in [0.15, 0.2) is 5.17 Å². The van der Waals surface area contributed by atoms with E-state index in [1.54, 1.807) is 28.4 Å². The average molecular weight is 391 g/mol. The van der Waals surface area contributed by atoms with Gasteiger partial charge in [-0.25, -0.2) is 9.38 Å². The lowest BCUT2D eigenvalue weighted by molar-refractivity contribution is -0.130. The lowest BCUT2D eigenvalue weighted by Gasteiger charge is -2.31. The molecule has 1 aliphatic rings. The molecule has 0 spiro atoms. The van der Waals surface area contributed by atoms with Gasteiger partial charge in [-0.3, -0.25) is 14.5 Å². The Morgan fingerprint density at radius 3 is 2.77 bits per heavy atom. The van der Waals surface area contributed by atoms with E-state index < -0.39 is 5.25 Å². The maximum Gasteiger partial charge on any atom is 0.234 e. The smallest absolute Gasteiger partial charge is 0.234 e. The molecule has 26 heavy (non-hydrogen) atoms. The monoisotopic (exact) mass is 391 g/mol. The van der Waals surface area contributed by atoms with Crippen LogP contribution in [0, 0.1) is 5.82 Å². The van der Waals surface area contributed by atoms with Gasteiger partial charge in [0.05, 0.1) is 17.5 Å². The summed E-state index contributed by atoms with van der Waals surface area (Å²) in [7, 11) is 0. The molecule has 2 aromatic rings. The van der Waals surface area contributed by atoms with Crippen molar-refractivity contribution in [1.82, 2.24) is 10.2 Å². The Bertz CT molecular complexity index is 806. The highest BCUT2D eigenvalue weighted by Gasteiger charge is 2.35. The molecule has 1 aromatic carbocycles. The molecule has 1 fully saturated rings. The summed E-state index contributed by atoms with van der Waals surface area (Å²) < 4.78 is 13.1. The summed E-state index contributed by atoms with van der Waals surface area (Å²) in [4.78, 5) is 32.0. The number of rotatable bonds is 5. The number of benzene rings is 1. The number of hydrogen-bond acceptors (Lipinski definition) is 5. The fraction of sp³-hybridized carbons (Fsp3) is 0.278. The number of amidine groups is 1. The molecule has 8 heteroatoms. The zero-order chi connectivity index (χ0) is 18.5. The highest BCUT2D eigenvalue weighted by atomic mass is 32.2. The summed E-state index contributed by atoms with van der Waals surface area (Å²) in [6, 6.07) is 9.61. The van der Waals surface area contributed by atoms with Crippen LogP contribution in [-0.4, -0.2) is 33.7 Å². The van der Waals surface area contributed by atoms with Crippen LogP contribution in [0.25, 0.3) is 0 Å². The first kappa shape index (κ1) is 18.6. The predicted molar refractivity (Wildman–Crippen MR) is 103 cm³/mol. The fourth-order valence-corrected chi connectivity index (χ4v) is 4.28. The highest BCUT2D eigenvalue weighted by molar-refractivity contribution is 8.15.